The van der Waals surface area contributed by atoms with Crippen molar-refractivity contribution in [3.63, 3.8) is 0 Å². The first-order valence-electron chi connectivity index (χ1n) is 8.68. The van der Waals surface area contributed by atoms with Gasteiger partial charge in [-0.25, -0.2) is 9.07 Å². The Kier molecular flexibility index (Phi) is 4.80. The Bertz CT molecular complexity index is 858. The summed E-state index contributed by atoms with van der Waals surface area (Å²) in [6.45, 7) is 3.56. The lowest BCUT2D eigenvalue weighted by Gasteiger charge is -2.25. The molecule has 2 N–H and O–H groups in total. The van der Waals surface area contributed by atoms with Gasteiger partial charge in [0.25, 0.3) is 5.91 Å². The smallest absolute Gasteiger partial charge is 0.303 e. The Hall–Kier alpha value is -2.70. The first kappa shape index (κ1) is 18.1. The molecule has 0 bridgehead atoms. The van der Waals surface area contributed by atoms with Crippen molar-refractivity contribution in [2.45, 2.75) is 51.5 Å². The molecule has 138 valence electrons. The summed E-state index contributed by atoms with van der Waals surface area (Å²) in [7, 11) is 0. The Morgan fingerprint density at radius 1 is 1.31 bits per heavy atom. The lowest BCUT2D eigenvalue weighted by Crippen LogP contribution is -2.44. The number of rotatable bonds is 6. The number of aliphatic carboxylic acids is 1. The molecule has 1 aromatic carbocycles. The number of nitrogens with zero attached hydrogens (tertiary/aromatic N) is 2. The average molecular weight is 359 g/mol. The van der Waals surface area contributed by atoms with Gasteiger partial charge in [0.1, 0.15) is 11.5 Å². The number of hydrogen-bond donors (Lipinski definition) is 2. The van der Waals surface area contributed by atoms with Crippen LogP contribution in [0.2, 0.25) is 0 Å². The van der Waals surface area contributed by atoms with Crippen LogP contribution in [0.3, 0.4) is 0 Å². The van der Waals surface area contributed by atoms with Crippen LogP contribution in [-0.2, 0) is 17.6 Å². The van der Waals surface area contributed by atoms with Gasteiger partial charge in [-0.15, -0.1) is 0 Å². The molecule has 0 fully saturated rings. The molecule has 6 nitrogen and oxygen atoms in total. The molecule has 0 spiro atoms. The van der Waals surface area contributed by atoms with Gasteiger partial charge in [-0.1, -0.05) is 12.1 Å². The minimum atomic E-state index is -0.906. The predicted octanol–water partition coefficient (Wildman–Crippen LogP) is 2.87. The van der Waals surface area contributed by atoms with E-state index >= 15 is 0 Å². The Morgan fingerprint density at radius 2 is 2.04 bits per heavy atom. The summed E-state index contributed by atoms with van der Waals surface area (Å²) in [4.78, 5) is 23.5. The second kappa shape index (κ2) is 6.90. The highest BCUT2D eigenvalue weighted by atomic mass is 19.1. The average Bonchev–Trinajstić information content (AvgIpc) is 3.15. The van der Waals surface area contributed by atoms with E-state index in [4.69, 9.17) is 5.11 Å². The Morgan fingerprint density at radius 3 is 2.73 bits per heavy atom. The zero-order valence-corrected chi connectivity index (χ0v) is 14.9. The molecule has 0 saturated carbocycles. The van der Waals surface area contributed by atoms with Crippen LogP contribution in [0.1, 0.15) is 54.9 Å². The summed E-state index contributed by atoms with van der Waals surface area (Å²) in [5.41, 5.74) is 1.66. The highest BCUT2D eigenvalue weighted by Crippen LogP contribution is 2.29. The van der Waals surface area contributed by atoms with Gasteiger partial charge in [-0.05, 0) is 51.7 Å². The van der Waals surface area contributed by atoms with Crippen LogP contribution in [0.25, 0.3) is 5.69 Å². The molecule has 0 atom stereocenters. The van der Waals surface area contributed by atoms with E-state index in [1.165, 1.54) is 10.7 Å². The fourth-order valence-electron chi connectivity index (χ4n) is 3.29. The minimum Gasteiger partial charge on any atom is -0.481 e. The van der Waals surface area contributed by atoms with Gasteiger partial charge < -0.3 is 10.4 Å². The summed E-state index contributed by atoms with van der Waals surface area (Å²) in [6, 6.07) is 6.35. The van der Waals surface area contributed by atoms with Crippen LogP contribution in [0, 0.1) is 5.82 Å². The van der Waals surface area contributed by atoms with E-state index in [0.29, 0.717) is 17.8 Å². The van der Waals surface area contributed by atoms with E-state index in [9.17, 15) is 14.0 Å². The monoisotopic (exact) mass is 359 g/mol. The largest absolute Gasteiger partial charge is 0.481 e. The fraction of sp³-hybridized carbons (Fsp3) is 0.421. The van der Waals surface area contributed by atoms with E-state index < -0.39 is 17.3 Å². The fourth-order valence-corrected chi connectivity index (χ4v) is 3.29. The maximum absolute atomic E-state index is 14.2. The van der Waals surface area contributed by atoms with Gasteiger partial charge in [-0.3, -0.25) is 9.59 Å². The summed E-state index contributed by atoms with van der Waals surface area (Å²) >= 11 is 0. The lowest BCUT2D eigenvalue weighted by atomic mass is 9.98. The Labute approximate surface area is 151 Å². The zero-order valence-electron chi connectivity index (χ0n) is 14.9. The van der Waals surface area contributed by atoms with E-state index in [0.717, 1.165) is 30.5 Å². The molecule has 1 amide bonds. The lowest BCUT2D eigenvalue weighted by molar-refractivity contribution is -0.137. The van der Waals surface area contributed by atoms with Crippen molar-refractivity contribution in [2.75, 3.05) is 0 Å². The van der Waals surface area contributed by atoms with Crippen LogP contribution >= 0.6 is 0 Å². The van der Waals surface area contributed by atoms with Gasteiger partial charge in [0.2, 0.25) is 0 Å². The van der Waals surface area contributed by atoms with E-state index in [1.54, 1.807) is 32.0 Å². The summed E-state index contributed by atoms with van der Waals surface area (Å²) < 4.78 is 15.7. The third-order valence-electron chi connectivity index (χ3n) is 4.64. The molecule has 0 saturated heterocycles. The Balaban J connectivity index is 1.89. The van der Waals surface area contributed by atoms with E-state index in [-0.39, 0.29) is 12.3 Å². The highest BCUT2D eigenvalue weighted by molar-refractivity contribution is 5.94. The number of halogens is 1. The SMILES string of the molecule is CC(C)(CCC(=O)O)NC(=O)c1nn(-c2ccccc2F)c2c1CCC2. The predicted molar refractivity (Wildman–Crippen MR) is 94.0 cm³/mol. The normalized spacial score (nSPS) is 13.5. The topological polar surface area (TPSA) is 84.2 Å². The number of hydrogen-bond acceptors (Lipinski definition) is 3. The van der Waals surface area contributed by atoms with Gasteiger partial charge in [0.05, 0.1) is 0 Å². The molecule has 7 heteroatoms. The second-order valence-corrected chi connectivity index (χ2v) is 7.22. The van der Waals surface area contributed by atoms with Crippen molar-refractivity contribution in [1.82, 2.24) is 15.1 Å². The number of para-hydroxylation sites is 1. The quantitative estimate of drug-likeness (QED) is 0.831. The molecule has 1 heterocycles. The van der Waals surface area contributed by atoms with Crippen LogP contribution in [0.5, 0.6) is 0 Å². The molecule has 26 heavy (non-hydrogen) atoms. The summed E-state index contributed by atoms with van der Waals surface area (Å²) in [5, 5.41) is 16.1. The number of benzene rings is 1. The number of aromatic nitrogens is 2. The number of carboxylic acids is 1. The van der Waals surface area contributed by atoms with Crippen LogP contribution in [-0.4, -0.2) is 32.3 Å². The van der Waals surface area contributed by atoms with Crippen molar-refractivity contribution >= 4 is 11.9 Å². The molecule has 0 radical (unpaired) electrons. The number of fused-ring (bicyclic) bond motifs is 1. The van der Waals surface area contributed by atoms with Gasteiger partial charge in [0.15, 0.2) is 5.69 Å². The molecule has 0 unspecified atom stereocenters. The molecule has 1 aromatic heterocycles. The molecule has 2 aromatic rings. The van der Waals surface area contributed by atoms with Crippen LogP contribution < -0.4 is 5.32 Å². The number of amides is 1. The first-order chi connectivity index (χ1) is 12.3. The van der Waals surface area contributed by atoms with Crippen LogP contribution in [0.4, 0.5) is 4.39 Å². The van der Waals surface area contributed by atoms with Crippen molar-refractivity contribution in [2.24, 2.45) is 0 Å². The van der Waals surface area contributed by atoms with Gasteiger partial charge >= 0.3 is 5.97 Å². The number of nitrogens with one attached hydrogen (secondary N) is 1. The van der Waals surface area contributed by atoms with Crippen molar-refractivity contribution < 1.29 is 19.1 Å². The molecular formula is C19H22FN3O3. The molecular weight excluding hydrogens is 337 g/mol. The van der Waals surface area contributed by atoms with Crippen LogP contribution in [0.15, 0.2) is 24.3 Å². The standard InChI is InChI=1S/C19H22FN3O3/c1-19(2,11-10-16(24)25)21-18(26)17-12-6-5-9-14(12)23(22-17)15-8-4-3-7-13(15)20/h3-4,7-8H,5-6,9-11H2,1-2H3,(H,21,26)(H,24,25). The number of carbonyl (C=O) groups is 2. The summed E-state index contributed by atoms with van der Waals surface area (Å²) in [5.74, 6) is -1.65. The number of carbonyl (C=O) groups excluding carboxylic acids is 1. The van der Waals surface area contributed by atoms with Gasteiger partial charge in [-0.2, -0.15) is 5.10 Å². The maximum atomic E-state index is 14.2. The third-order valence-corrected chi connectivity index (χ3v) is 4.64. The first-order valence-corrected chi connectivity index (χ1v) is 8.68. The highest BCUT2D eigenvalue weighted by Gasteiger charge is 2.30. The summed E-state index contributed by atoms with van der Waals surface area (Å²) in [6.07, 6.45) is 2.64. The van der Waals surface area contributed by atoms with E-state index in [2.05, 4.69) is 10.4 Å². The maximum Gasteiger partial charge on any atom is 0.303 e. The van der Waals surface area contributed by atoms with Gasteiger partial charge in [0, 0.05) is 23.2 Å². The minimum absolute atomic E-state index is 0.0327. The third kappa shape index (κ3) is 3.61. The van der Waals surface area contributed by atoms with Crippen molar-refractivity contribution in [3.8, 4) is 5.69 Å². The molecule has 1 aliphatic carbocycles. The molecule has 0 aliphatic heterocycles. The van der Waals surface area contributed by atoms with Crippen molar-refractivity contribution in [1.29, 1.82) is 0 Å². The zero-order chi connectivity index (χ0) is 18.9. The molecule has 3 rings (SSSR count). The van der Waals surface area contributed by atoms with Crippen molar-refractivity contribution in [3.05, 3.63) is 47.0 Å². The molecule has 1 aliphatic rings. The van der Waals surface area contributed by atoms with E-state index in [1.807, 2.05) is 0 Å². The second-order valence-electron chi connectivity index (χ2n) is 7.22. The number of carboxylic acid groups (broad SMARTS) is 1.